The molecule has 0 saturated heterocycles. The predicted molar refractivity (Wildman–Crippen MR) is 49.3 cm³/mol. The van der Waals surface area contributed by atoms with Crippen molar-refractivity contribution in [1.82, 2.24) is 0 Å². The molecule has 1 aliphatic heterocycles. The lowest BCUT2D eigenvalue weighted by atomic mass is 10.2. The van der Waals surface area contributed by atoms with Crippen molar-refractivity contribution in [2.75, 3.05) is 0 Å². The average Bonchev–Trinajstić information content (AvgIpc) is 2.28. The van der Waals surface area contributed by atoms with E-state index in [0.717, 1.165) is 12.0 Å². The Balaban J connectivity index is 3.05. The van der Waals surface area contributed by atoms with Crippen LogP contribution in [0.2, 0.25) is 0 Å². The van der Waals surface area contributed by atoms with Gasteiger partial charge in [0.15, 0.2) is 0 Å². The van der Waals surface area contributed by atoms with Crippen molar-refractivity contribution >= 4 is 37.8 Å². The molecule has 0 aromatic carbocycles. The SMILES string of the molecule is CCC1=C(Br)C(=O)O/C1=C\Br. The number of rotatable bonds is 1. The second-order valence-electron chi connectivity index (χ2n) is 2.01. The molecule has 4 heteroatoms. The van der Waals surface area contributed by atoms with Crippen LogP contribution in [0.5, 0.6) is 0 Å². The Kier molecular flexibility index (Phi) is 2.90. The fraction of sp³-hybridized carbons (Fsp3) is 0.286. The molecule has 0 atom stereocenters. The van der Waals surface area contributed by atoms with Crippen molar-refractivity contribution in [3.63, 3.8) is 0 Å². The average molecular weight is 282 g/mol. The summed E-state index contributed by atoms with van der Waals surface area (Å²) in [6.45, 7) is 1.97. The maximum atomic E-state index is 10.9. The molecule has 0 spiro atoms. The van der Waals surface area contributed by atoms with E-state index in [9.17, 15) is 4.79 Å². The first kappa shape index (κ1) is 9.00. The van der Waals surface area contributed by atoms with Crippen LogP contribution in [0.25, 0.3) is 0 Å². The summed E-state index contributed by atoms with van der Waals surface area (Å²) in [4.78, 5) is 12.5. The van der Waals surface area contributed by atoms with Gasteiger partial charge in [-0.25, -0.2) is 4.79 Å². The Morgan fingerprint density at radius 1 is 1.64 bits per heavy atom. The molecule has 1 aliphatic rings. The number of hydrogen-bond acceptors (Lipinski definition) is 2. The summed E-state index contributed by atoms with van der Waals surface area (Å²) in [5.74, 6) is 0.289. The third-order valence-electron chi connectivity index (χ3n) is 1.40. The number of allylic oxidation sites excluding steroid dienone is 1. The first-order valence-electron chi connectivity index (χ1n) is 3.12. The lowest BCUT2D eigenvalue weighted by Crippen LogP contribution is -1.92. The van der Waals surface area contributed by atoms with Crippen molar-refractivity contribution in [1.29, 1.82) is 0 Å². The molecule has 0 aliphatic carbocycles. The summed E-state index contributed by atoms with van der Waals surface area (Å²) in [5.41, 5.74) is 0.909. The number of esters is 1. The molecule has 0 amide bonds. The molecule has 0 N–H and O–H groups in total. The van der Waals surface area contributed by atoms with Crippen LogP contribution < -0.4 is 0 Å². The van der Waals surface area contributed by atoms with E-state index in [1.54, 1.807) is 4.99 Å². The molecule has 1 rings (SSSR count). The molecule has 2 nitrogen and oxygen atoms in total. The van der Waals surface area contributed by atoms with Gasteiger partial charge in [-0.2, -0.15) is 0 Å². The van der Waals surface area contributed by atoms with Gasteiger partial charge in [-0.3, -0.25) is 0 Å². The van der Waals surface area contributed by atoms with Crippen LogP contribution in [0.4, 0.5) is 0 Å². The van der Waals surface area contributed by atoms with E-state index >= 15 is 0 Å². The molecule has 0 bridgehead atoms. The van der Waals surface area contributed by atoms with Crippen molar-refractivity contribution < 1.29 is 9.53 Å². The van der Waals surface area contributed by atoms with E-state index in [0.29, 0.717) is 10.2 Å². The van der Waals surface area contributed by atoms with E-state index in [-0.39, 0.29) is 5.97 Å². The fourth-order valence-corrected chi connectivity index (χ4v) is 1.78. The Morgan fingerprint density at radius 2 is 2.27 bits per heavy atom. The van der Waals surface area contributed by atoms with Gasteiger partial charge in [0.05, 0.1) is 0 Å². The first-order chi connectivity index (χ1) is 5.20. The minimum Gasteiger partial charge on any atom is -0.422 e. The molecule has 0 unspecified atom stereocenters. The number of ether oxygens (including phenoxy) is 1. The second kappa shape index (κ2) is 3.54. The molecule has 11 heavy (non-hydrogen) atoms. The highest BCUT2D eigenvalue weighted by Gasteiger charge is 2.25. The van der Waals surface area contributed by atoms with Gasteiger partial charge < -0.3 is 4.74 Å². The van der Waals surface area contributed by atoms with E-state index in [1.165, 1.54) is 0 Å². The Labute approximate surface area is 81.6 Å². The first-order valence-corrected chi connectivity index (χ1v) is 4.83. The van der Waals surface area contributed by atoms with Crippen molar-refractivity contribution in [3.05, 3.63) is 20.8 Å². The third kappa shape index (κ3) is 1.56. The van der Waals surface area contributed by atoms with Crippen LogP contribution >= 0.6 is 31.9 Å². The molecule has 0 radical (unpaired) electrons. The summed E-state index contributed by atoms with van der Waals surface area (Å²) in [5, 5.41) is 0. The van der Waals surface area contributed by atoms with Gasteiger partial charge in [0.1, 0.15) is 10.2 Å². The molecule has 1 heterocycles. The maximum Gasteiger partial charge on any atom is 0.351 e. The van der Waals surface area contributed by atoms with Crippen LogP contribution in [0.3, 0.4) is 0 Å². The van der Waals surface area contributed by atoms with Crippen LogP contribution in [-0.2, 0) is 9.53 Å². The van der Waals surface area contributed by atoms with Gasteiger partial charge in [0.2, 0.25) is 0 Å². The normalized spacial score (nSPS) is 21.4. The number of carbonyl (C=O) groups is 1. The molecule has 0 saturated carbocycles. The van der Waals surface area contributed by atoms with Gasteiger partial charge in [-0.15, -0.1) is 0 Å². The number of cyclic esters (lactones) is 1. The summed E-state index contributed by atoms with van der Waals surface area (Å²) in [6, 6.07) is 0. The van der Waals surface area contributed by atoms with Crippen LogP contribution in [0.1, 0.15) is 13.3 Å². The van der Waals surface area contributed by atoms with Crippen molar-refractivity contribution in [2.24, 2.45) is 0 Å². The summed E-state index contributed by atoms with van der Waals surface area (Å²) in [7, 11) is 0. The summed E-state index contributed by atoms with van der Waals surface area (Å²) in [6.07, 6.45) is 0.782. The van der Waals surface area contributed by atoms with E-state index in [4.69, 9.17) is 4.74 Å². The topological polar surface area (TPSA) is 26.3 Å². The lowest BCUT2D eigenvalue weighted by molar-refractivity contribution is -0.132. The van der Waals surface area contributed by atoms with Gasteiger partial charge >= 0.3 is 5.97 Å². The smallest absolute Gasteiger partial charge is 0.351 e. The van der Waals surface area contributed by atoms with Crippen molar-refractivity contribution in [3.8, 4) is 0 Å². The molecule has 0 aromatic heterocycles. The quantitative estimate of drug-likeness (QED) is 0.691. The monoisotopic (exact) mass is 280 g/mol. The highest BCUT2D eigenvalue weighted by atomic mass is 79.9. The summed E-state index contributed by atoms with van der Waals surface area (Å²) < 4.78 is 5.41. The van der Waals surface area contributed by atoms with Crippen LogP contribution in [-0.4, -0.2) is 5.97 Å². The molecule has 0 fully saturated rings. The predicted octanol–water partition coefficient (Wildman–Crippen LogP) is 2.84. The molecular weight excluding hydrogens is 276 g/mol. The standard InChI is InChI=1S/C7H6Br2O2/c1-2-4-5(3-8)11-7(10)6(4)9/h3H,2H2,1H3/b5-3-. The minimum atomic E-state index is -0.312. The summed E-state index contributed by atoms with van der Waals surface area (Å²) >= 11 is 6.27. The number of carbonyl (C=O) groups excluding carboxylic acids is 1. The number of halogens is 2. The molecule has 60 valence electrons. The zero-order valence-corrected chi connectivity index (χ0v) is 9.03. The lowest BCUT2D eigenvalue weighted by Gasteiger charge is -1.96. The Bertz CT molecular complexity index is 253. The third-order valence-corrected chi connectivity index (χ3v) is 2.62. The van der Waals surface area contributed by atoms with Gasteiger partial charge in [-0.05, 0) is 22.4 Å². The van der Waals surface area contributed by atoms with Gasteiger partial charge in [-0.1, -0.05) is 22.9 Å². The zero-order valence-electron chi connectivity index (χ0n) is 5.86. The van der Waals surface area contributed by atoms with Crippen LogP contribution in [0, 0.1) is 0 Å². The maximum absolute atomic E-state index is 10.9. The van der Waals surface area contributed by atoms with Crippen LogP contribution in [0.15, 0.2) is 20.8 Å². The highest BCUT2D eigenvalue weighted by Crippen LogP contribution is 2.32. The Morgan fingerprint density at radius 3 is 2.64 bits per heavy atom. The van der Waals surface area contributed by atoms with E-state index < -0.39 is 0 Å². The van der Waals surface area contributed by atoms with E-state index in [1.807, 2.05) is 6.92 Å². The van der Waals surface area contributed by atoms with E-state index in [2.05, 4.69) is 31.9 Å². The van der Waals surface area contributed by atoms with Gasteiger partial charge in [0.25, 0.3) is 0 Å². The highest BCUT2D eigenvalue weighted by molar-refractivity contribution is 9.12. The zero-order chi connectivity index (χ0) is 8.43. The fourth-order valence-electron chi connectivity index (χ4n) is 0.855. The van der Waals surface area contributed by atoms with Crippen molar-refractivity contribution in [2.45, 2.75) is 13.3 Å². The minimum absolute atomic E-state index is 0.312. The molecular formula is C7H6Br2O2. The molecule has 0 aromatic rings. The largest absolute Gasteiger partial charge is 0.422 e. The second-order valence-corrected chi connectivity index (χ2v) is 3.26. The Hall–Kier alpha value is -0.0900. The van der Waals surface area contributed by atoms with Gasteiger partial charge in [0, 0.05) is 10.6 Å². The number of hydrogen-bond donors (Lipinski definition) is 0.